The summed E-state index contributed by atoms with van der Waals surface area (Å²) in [5.41, 5.74) is 2.98. The van der Waals surface area contributed by atoms with Crippen LogP contribution in [0.2, 0.25) is 0 Å². The van der Waals surface area contributed by atoms with Gasteiger partial charge in [0.05, 0.1) is 0 Å². The summed E-state index contributed by atoms with van der Waals surface area (Å²) in [6.45, 7) is 2.24. The molecule has 1 aromatic rings. The van der Waals surface area contributed by atoms with E-state index in [-0.39, 0.29) is 0 Å². The van der Waals surface area contributed by atoms with Gasteiger partial charge < -0.3 is 5.32 Å². The van der Waals surface area contributed by atoms with E-state index in [0.717, 1.165) is 5.92 Å². The first-order valence-corrected chi connectivity index (χ1v) is 6.62. The second-order valence-corrected chi connectivity index (χ2v) is 4.92. The van der Waals surface area contributed by atoms with Crippen LogP contribution in [-0.2, 0) is 0 Å². The zero-order valence-electron chi connectivity index (χ0n) is 10.5. The van der Waals surface area contributed by atoms with Crippen molar-refractivity contribution in [1.82, 2.24) is 5.32 Å². The quantitative estimate of drug-likeness (QED) is 0.785. The largest absolute Gasteiger partial charge is 0.313 e. The number of rotatable bonds is 5. The molecule has 0 aromatic heterocycles. The zero-order chi connectivity index (χ0) is 11.4. The van der Waals surface area contributed by atoms with E-state index in [2.05, 4.69) is 43.6 Å². The van der Waals surface area contributed by atoms with E-state index in [0.29, 0.717) is 6.04 Å². The Morgan fingerprint density at radius 2 is 1.94 bits per heavy atom. The fourth-order valence-electron chi connectivity index (χ4n) is 2.51. The molecule has 0 radical (unpaired) electrons. The number of hydrogen-bond donors (Lipinski definition) is 1. The standard InChI is InChI=1S/C15H23N/c1-3-5-15(16-2)14-10-8-13(9-11-14)12-6-4-7-12/h8-12,15-16H,3-7H2,1-2H3. The number of benzene rings is 1. The summed E-state index contributed by atoms with van der Waals surface area (Å²) in [5.74, 6) is 0.855. The highest BCUT2D eigenvalue weighted by atomic mass is 14.9. The number of hydrogen-bond acceptors (Lipinski definition) is 1. The van der Waals surface area contributed by atoms with Crippen LogP contribution < -0.4 is 5.32 Å². The van der Waals surface area contributed by atoms with Gasteiger partial charge in [0, 0.05) is 6.04 Å². The van der Waals surface area contributed by atoms with Crippen molar-refractivity contribution in [2.24, 2.45) is 0 Å². The van der Waals surface area contributed by atoms with E-state index < -0.39 is 0 Å². The minimum absolute atomic E-state index is 0.528. The molecule has 1 aromatic carbocycles. The summed E-state index contributed by atoms with van der Waals surface area (Å²) in [6, 6.07) is 9.81. The van der Waals surface area contributed by atoms with Gasteiger partial charge in [0.1, 0.15) is 0 Å². The molecule has 0 aliphatic heterocycles. The zero-order valence-corrected chi connectivity index (χ0v) is 10.5. The van der Waals surface area contributed by atoms with Crippen LogP contribution in [0.4, 0.5) is 0 Å². The van der Waals surface area contributed by atoms with Crippen molar-refractivity contribution >= 4 is 0 Å². The minimum Gasteiger partial charge on any atom is -0.313 e. The Balaban J connectivity index is 2.04. The monoisotopic (exact) mass is 217 g/mol. The van der Waals surface area contributed by atoms with Crippen LogP contribution in [-0.4, -0.2) is 7.05 Å². The van der Waals surface area contributed by atoms with Crippen LogP contribution >= 0.6 is 0 Å². The maximum atomic E-state index is 3.40. The molecule has 0 heterocycles. The van der Waals surface area contributed by atoms with Gasteiger partial charge in [0.15, 0.2) is 0 Å². The molecule has 88 valence electrons. The lowest BCUT2D eigenvalue weighted by Gasteiger charge is -2.26. The first-order valence-electron chi connectivity index (χ1n) is 6.62. The van der Waals surface area contributed by atoms with Crippen molar-refractivity contribution in [3.05, 3.63) is 35.4 Å². The molecule has 1 nitrogen and oxygen atoms in total. The average molecular weight is 217 g/mol. The topological polar surface area (TPSA) is 12.0 Å². The Kier molecular flexibility index (Phi) is 4.00. The summed E-state index contributed by atoms with van der Waals surface area (Å²) in [7, 11) is 2.06. The fourth-order valence-corrected chi connectivity index (χ4v) is 2.51. The fraction of sp³-hybridized carbons (Fsp3) is 0.600. The molecule has 1 saturated carbocycles. The highest BCUT2D eigenvalue weighted by Gasteiger charge is 2.19. The van der Waals surface area contributed by atoms with Crippen LogP contribution in [0.5, 0.6) is 0 Å². The lowest BCUT2D eigenvalue weighted by molar-refractivity contribution is 0.419. The molecule has 1 heteroatoms. The highest BCUT2D eigenvalue weighted by Crippen LogP contribution is 2.36. The van der Waals surface area contributed by atoms with Crippen molar-refractivity contribution < 1.29 is 0 Å². The maximum absolute atomic E-state index is 3.40. The van der Waals surface area contributed by atoms with Gasteiger partial charge in [-0.2, -0.15) is 0 Å². The molecule has 1 atom stereocenters. The third kappa shape index (κ3) is 2.46. The van der Waals surface area contributed by atoms with E-state index in [9.17, 15) is 0 Å². The van der Waals surface area contributed by atoms with Crippen LogP contribution in [0.15, 0.2) is 24.3 Å². The van der Waals surface area contributed by atoms with Gasteiger partial charge in [-0.15, -0.1) is 0 Å². The molecule has 0 amide bonds. The normalized spacial score (nSPS) is 18.1. The van der Waals surface area contributed by atoms with Gasteiger partial charge in [-0.1, -0.05) is 44.0 Å². The van der Waals surface area contributed by atoms with Crippen LogP contribution in [0.25, 0.3) is 0 Å². The first kappa shape index (κ1) is 11.7. The summed E-state index contributed by atoms with van der Waals surface area (Å²) in [4.78, 5) is 0. The Hall–Kier alpha value is -0.820. The van der Waals surface area contributed by atoms with Gasteiger partial charge in [-0.25, -0.2) is 0 Å². The van der Waals surface area contributed by atoms with Crippen molar-refractivity contribution in [2.45, 2.75) is 51.0 Å². The molecule has 2 rings (SSSR count). The van der Waals surface area contributed by atoms with Gasteiger partial charge in [0.2, 0.25) is 0 Å². The molecule has 0 spiro atoms. The van der Waals surface area contributed by atoms with Crippen molar-refractivity contribution in [2.75, 3.05) is 7.05 Å². The second-order valence-electron chi connectivity index (χ2n) is 4.92. The van der Waals surface area contributed by atoms with Crippen LogP contribution in [0.3, 0.4) is 0 Å². The van der Waals surface area contributed by atoms with Crippen LogP contribution in [0.1, 0.15) is 62.1 Å². The highest BCUT2D eigenvalue weighted by molar-refractivity contribution is 5.28. The van der Waals surface area contributed by atoms with E-state index in [4.69, 9.17) is 0 Å². The molecule has 1 N–H and O–H groups in total. The molecule has 1 fully saturated rings. The minimum atomic E-state index is 0.528. The summed E-state index contributed by atoms with van der Waals surface area (Å²) in [5, 5.41) is 3.40. The Morgan fingerprint density at radius 1 is 1.25 bits per heavy atom. The van der Waals surface area contributed by atoms with Gasteiger partial charge in [-0.05, 0) is 43.4 Å². The summed E-state index contributed by atoms with van der Waals surface area (Å²) < 4.78 is 0. The third-order valence-electron chi connectivity index (χ3n) is 3.84. The molecule has 0 bridgehead atoms. The van der Waals surface area contributed by atoms with E-state index in [1.807, 2.05) is 0 Å². The molecule has 1 aliphatic rings. The molecule has 1 aliphatic carbocycles. The maximum Gasteiger partial charge on any atom is 0.0317 e. The third-order valence-corrected chi connectivity index (χ3v) is 3.84. The van der Waals surface area contributed by atoms with E-state index >= 15 is 0 Å². The lowest BCUT2D eigenvalue weighted by atomic mass is 9.80. The smallest absolute Gasteiger partial charge is 0.0317 e. The summed E-state index contributed by atoms with van der Waals surface area (Å²) >= 11 is 0. The van der Waals surface area contributed by atoms with Crippen molar-refractivity contribution in [1.29, 1.82) is 0 Å². The first-order chi connectivity index (χ1) is 7.85. The molecule has 16 heavy (non-hydrogen) atoms. The van der Waals surface area contributed by atoms with Gasteiger partial charge in [-0.3, -0.25) is 0 Å². The Bertz CT molecular complexity index is 311. The Morgan fingerprint density at radius 3 is 2.38 bits per heavy atom. The van der Waals surface area contributed by atoms with Crippen molar-refractivity contribution in [3.8, 4) is 0 Å². The van der Waals surface area contributed by atoms with Crippen molar-refractivity contribution in [3.63, 3.8) is 0 Å². The predicted molar refractivity (Wildman–Crippen MR) is 69.7 cm³/mol. The second kappa shape index (κ2) is 5.49. The van der Waals surface area contributed by atoms with Gasteiger partial charge >= 0.3 is 0 Å². The molecule has 1 unspecified atom stereocenters. The van der Waals surface area contributed by atoms with Crippen LogP contribution in [0, 0.1) is 0 Å². The predicted octanol–water partition coefficient (Wildman–Crippen LogP) is 4.01. The lowest BCUT2D eigenvalue weighted by Crippen LogP contribution is -2.16. The number of nitrogens with one attached hydrogen (secondary N) is 1. The average Bonchev–Trinajstić information content (AvgIpc) is 2.25. The molecule has 0 saturated heterocycles. The molecular formula is C15H23N. The van der Waals surface area contributed by atoms with Gasteiger partial charge in [0.25, 0.3) is 0 Å². The van der Waals surface area contributed by atoms with E-state index in [1.54, 1.807) is 5.56 Å². The molecular weight excluding hydrogens is 194 g/mol. The Labute approximate surface area is 99.3 Å². The van der Waals surface area contributed by atoms with E-state index in [1.165, 1.54) is 37.7 Å². The SMILES string of the molecule is CCCC(NC)c1ccc(C2CCC2)cc1. The summed E-state index contributed by atoms with van der Waals surface area (Å²) in [6.07, 6.45) is 6.66.